The number of sulfonamides is 1. The molecular weight excluding hydrogens is 584 g/mol. The Labute approximate surface area is 249 Å². The van der Waals surface area contributed by atoms with E-state index >= 15 is 4.79 Å². The highest BCUT2D eigenvalue weighted by molar-refractivity contribution is 7.93. The number of likely N-dealkylation sites (tertiary alicyclic amines) is 1. The van der Waals surface area contributed by atoms with Crippen molar-refractivity contribution in [2.75, 3.05) is 39.2 Å². The fourth-order valence-corrected chi connectivity index (χ4v) is 7.70. The van der Waals surface area contributed by atoms with Crippen LogP contribution in [-0.4, -0.2) is 87.1 Å². The first-order valence-electron chi connectivity index (χ1n) is 13.1. The van der Waals surface area contributed by atoms with Gasteiger partial charge in [0.25, 0.3) is 15.9 Å². The lowest BCUT2D eigenvalue weighted by Crippen LogP contribution is -2.59. The number of methoxy groups -OCH3 is 2. The van der Waals surface area contributed by atoms with E-state index in [9.17, 15) is 18.3 Å². The van der Waals surface area contributed by atoms with Crippen LogP contribution in [0, 0.1) is 6.92 Å². The third-order valence-electron chi connectivity index (χ3n) is 7.81. The molecule has 1 N–H and O–H groups in total. The number of ether oxygens (including phenoxy) is 2. The van der Waals surface area contributed by atoms with Crippen LogP contribution in [0.25, 0.3) is 0 Å². The van der Waals surface area contributed by atoms with Gasteiger partial charge in [-0.15, -0.1) is 0 Å². The Hall–Kier alpha value is -3.71. The van der Waals surface area contributed by atoms with Crippen LogP contribution in [0.1, 0.15) is 23.1 Å². The van der Waals surface area contributed by atoms with Crippen molar-refractivity contribution in [3.05, 3.63) is 76.6 Å². The van der Waals surface area contributed by atoms with Crippen LogP contribution in [0.2, 0.25) is 5.02 Å². The summed E-state index contributed by atoms with van der Waals surface area (Å²) < 4.78 is 40.3. The maximum absolute atomic E-state index is 15.1. The molecule has 3 atom stereocenters. The first-order valence-corrected chi connectivity index (χ1v) is 14.9. The van der Waals surface area contributed by atoms with Crippen molar-refractivity contribution in [3.8, 4) is 11.5 Å². The Morgan fingerprint density at radius 1 is 1.12 bits per heavy atom. The summed E-state index contributed by atoms with van der Waals surface area (Å²) in [6.07, 6.45) is 2.13. The van der Waals surface area contributed by atoms with Gasteiger partial charge in [-0.05, 0) is 55.3 Å². The number of nitrogens with zero attached hydrogens (tertiary/aromatic N) is 4. The van der Waals surface area contributed by atoms with Crippen LogP contribution >= 0.6 is 11.6 Å². The second-order valence-corrected chi connectivity index (χ2v) is 12.6. The van der Waals surface area contributed by atoms with Crippen LogP contribution in [0.5, 0.6) is 11.5 Å². The molecule has 1 fully saturated rings. The number of β-amino-alcohol motifs (C(OH)–C–C–N with tert-alkyl or cyclic N) is 1. The van der Waals surface area contributed by atoms with E-state index in [0.29, 0.717) is 16.9 Å². The topological polar surface area (TPSA) is 130 Å². The maximum atomic E-state index is 15.1. The number of likely N-dealkylation sites (N-methyl/N-ethyl adjacent to an activating group) is 1. The van der Waals surface area contributed by atoms with E-state index < -0.39 is 33.6 Å². The van der Waals surface area contributed by atoms with E-state index in [0.717, 1.165) is 4.31 Å². The fourth-order valence-electron chi connectivity index (χ4n) is 5.92. The molecule has 0 bridgehead atoms. The number of halogens is 1. The van der Waals surface area contributed by atoms with Crippen LogP contribution in [-0.2, 0) is 25.2 Å². The minimum atomic E-state index is -4.62. The second kappa shape index (κ2) is 10.8. The highest BCUT2D eigenvalue weighted by Gasteiger charge is 2.63. The number of pyridine rings is 1. The van der Waals surface area contributed by atoms with E-state index in [1.54, 1.807) is 38.2 Å². The molecule has 5 rings (SSSR count). The lowest BCUT2D eigenvalue weighted by Gasteiger charge is -2.42. The minimum absolute atomic E-state index is 0.0232. The zero-order valence-electron chi connectivity index (χ0n) is 23.7. The number of aryl methyl sites for hydroxylation is 1. The fraction of sp³-hybridized carbons (Fsp3) is 0.345. The summed E-state index contributed by atoms with van der Waals surface area (Å²) in [4.78, 5) is 35.6. The molecule has 0 radical (unpaired) electrons. The van der Waals surface area contributed by atoms with Crippen molar-refractivity contribution in [3.63, 3.8) is 0 Å². The number of anilines is 1. The number of aromatic nitrogens is 1. The smallest absolute Gasteiger partial charge is 0.274 e. The molecule has 3 aromatic rings. The Balaban J connectivity index is 1.85. The molecule has 2 aliphatic heterocycles. The average Bonchev–Trinajstić information content (AvgIpc) is 3.47. The van der Waals surface area contributed by atoms with Crippen LogP contribution in [0.3, 0.4) is 0 Å². The van der Waals surface area contributed by atoms with Crippen LogP contribution < -0.4 is 13.8 Å². The molecule has 13 heteroatoms. The largest absolute Gasteiger partial charge is 0.497 e. The molecule has 0 aliphatic carbocycles. The molecule has 11 nitrogen and oxygen atoms in total. The number of fused-ring (bicyclic) bond motifs is 1. The number of aliphatic hydroxyl groups excluding tert-OH is 1. The number of hydrogen-bond acceptors (Lipinski definition) is 9. The predicted octanol–water partition coefficient (Wildman–Crippen LogP) is 2.56. The number of benzene rings is 2. The van der Waals surface area contributed by atoms with Gasteiger partial charge in [0.1, 0.15) is 16.4 Å². The third kappa shape index (κ3) is 4.41. The molecule has 3 heterocycles. The Morgan fingerprint density at radius 2 is 1.86 bits per heavy atom. The second-order valence-electron chi connectivity index (χ2n) is 10.4. The van der Waals surface area contributed by atoms with Gasteiger partial charge in [0, 0.05) is 55.2 Å². The van der Waals surface area contributed by atoms with E-state index in [-0.39, 0.29) is 45.8 Å². The lowest BCUT2D eigenvalue weighted by atomic mass is 9.80. The molecule has 1 saturated heterocycles. The summed E-state index contributed by atoms with van der Waals surface area (Å²) in [5.41, 5.74) is -0.577. The average molecular weight is 615 g/mol. The number of rotatable bonds is 7. The molecule has 0 spiro atoms. The first kappa shape index (κ1) is 29.8. The summed E-state index contributed by atoms with van der Waals surface area (Å²) in [6.45, 7) is 1.69. The maximum Gasteiger partial charge on any atom is 0.274 e. The zero-order chi connectivity index (χ0) is 30.6. The van der Waals surface area contributed by atoms with Crippen molar-refractivity contribution >= 4 is 39.1 Å². The molecule has 2 aliphatic rings. The van der Waals surface area contributed by atoms with Crippen LogP contribution in [0.15, 0.2) is 59.8 Å². The monoisotopic (exact) mass is 614 g/mol. The highest BCUT2D eigenvalue weighted by atomic mass is 35.5. The first-order chi connectivity index (χ1) is 19.9. The highest BCUT2D eigenvalue weighted by Crippen LogP contribution is 2.54. The predicted molar refractivity (Wildman–Crippen MR) is 155 cm³/mol. The van der Waals surface area contributed by atoms with Gasteiger partial charge < -0.3 is 19.5 Å². The van der Waals surface area contributed by atoms with Crippen molar-refractivity contribution < 1.29 is 32.6 Å². The third-order valence-corrected chi connectivity index (χ3v) is 9.79. The summed E-state index contributed by atoms with van der Waals surface area (Å²) in [5, 5.41) is 11.1. The van der Waals surface area contributed by atoms with Gasteiger partial charge in [-0.25, -0.2) is 12.7 Å². The van der Waals surface area contributed by atoms with Crippen molar-refractivity contribution in [1.82, 2.24) is 14.8 Å². The van der Waals surface area contributed by atoms with E-state index in [2.05, 4.69) is 4.98 Å². The standard InChI is InChI=1S/C29H31ClN4O7S/c1-17-10-11-31-15-22(17)29(33-16-19(35)13-24(33)27(36)32(2)3)21-12-18(30)6-8-23(21)34(28(29)37)42(38,39)26-9-7-20(40-4)14-25(26)41-5/h6-12,14-15,19,24,35H,13,16H2,1-5H3/t19-,24+,29?/m1/s1. The molecule has 1 unspecified atom stereocenters. The molecule has 2 aromatic carbocycles. The van der Waals surface area contributed by atoms with Gasteiger partial charge in [0.05, 0.1) is 32.1 Å². The molecular formula is C29H31ClN4O7S. The molecule has 222 valence electrons. The van der Waals surface area contributed by atoms with Gasteiger partial charge >= 0.3 is 0 Å². The Morgan fingerprint density at radius 3 is 2.50 bits per heavy atom. The SMILES string of the molecule is COc1ccc(S(=O)(=O)N2C(=O)C(c3cnccc3C)(N3C[C@H](O)C[C@H]3C(=O)N(C)C)c3cc(Cl)ccc32)c(OC)c1. The molecule has 1 aromatic heterocycles. The van der Waals surface area contributed by atoms with Crippen LogP contribution in [0.4, 0.5) is 5.69 Å². The summed E-state index contributed by atoms with van der Waals surface area (Å²) in [7, 11) is 1.31. The summed E-state index contributed by atoms with van der Waals surface area (Å²) in [5.74, 6) is -0.867. The molecule has 0 saturated carbocycles. The molecule has 42 heavy (non-hydrogen) atoms. The normalized spacial score (nSPS) is 22.3. The zero-order valence-corrected chi connectivity index (χ0v) is 25.3. The molecule has 2 amide bonds. The van der Waals surface area contributed by atoms with Gasteiger partial charge in [0.15, 0.2) is 5.54 Å². The van der Waals surface area contributed by atoms with Crippen molar-refractivity contribution in [2.45, 2.75) is 35.9 Å². The number of carbonyl (C=O) groups excluding carboxylic acids is 2. The summed E-state index contributed by atoms with van der Waals surface area (Å²) >= 11 is 6.50. The lowest BCUT2D eigenvalue weighted by molar-refractivity contribution is -0.138. The van der Waals surface area contributed by atoms with E-state index in [1.165, 1.54) is 61.7 Å². The minimum Gasteiger partial charge on any atom is -0.497 e. The van der Waals surface area contributed by atoms with Gasteiger partial charge in [-0.2, -0.15) is 0 Å². The number of amides is 2. The number of carbonyl (C=O) groups is 2. The number of aliphatic hydroxyl groups is 1. The van der Waals surface area contributed by atoms with E-state index in [1.807, 2.05) is 0 Å². The Kier molecular flexibility index (Phi) is 7.69. The van der Waals surface area contributed by atoms with Gasteiger partial charge in [-0.1, -0.05) is 11.6 Å². The Bertz CT molecular complexity index is 1680. The van der Waals surface area contributed by atoms with Crippen molar-refractivity contribution in [2.24, 2.45) is 0 Å². The quantitative estimate of drug-likeness (QED) is 0.427. The van der Waals surface area contributed by atoms with Gasteiger partial charge in [-0.3, -0.25) is 19.5 Å². The number of hydrogen-bond donors (Lipinski definition) is 1. The van der Waals surface area contributed by atoms with E-state index in [4.69, 9.17) is 21.1 Å². The van der Waals surface area contributed by atoms with Gasteiger partial charge in [0.2, 0.25) is 5.91 Å². The van der Waals surface area contributed by atoms with Crippen molar-refractivity contribution in [1.29, 1.82) is 0 Å². The summed E-state index contributed by atoms with van der Waals surface area (Å²) in [6, 6.07) is 9.42.